The summed E-state index contributed by atoms with van der Waals surface area (Å²) in [5.41, 5.74) is 4.59. The maximum absolute atomic E-state index is 13.5. The van der Waals surface area contributed by atoms with E-state index >= 15 is 0 Å². The first kappa shape index (κ1) is 27.7. The first-order chi connectivity index (χ1) is 18.8. The van der Waals surface area contributed by atoms with Crippen molar-refractivity contribution in [1.29, 1.82) is 0 Å². The van der Waals surface area contributed by atoms with Crippen LogP contribution >= 0.6 is 34.2 Å². The van der Waals surface area contributed by atoms with Crippen molar-refractivity contribution in [2.45, 2.75) is 57.5 Å². The summed E-state index contributed by atoms with van der Waals surface area (Å²) >= 11 is 8.51. The molecule has 3 aliphatic rings. The number of carbonyl (C=O) groups excluding carboxylic acids is 2. The molecule has 1 heterocycles. The number of allylic oxidation sites excluding steroid dienone is 4. The molecule has 0 unspecified atom stereocenters. The third-order valence-corrected chi connectivity index (χ3v) is 8.72. The van der Waals surface area contributed by atoms with Crippen LogP contribution in [0.4, 0.5) is 0 Å². The van der Waals surface area contributed by atoms with Crippen molar-refractivity contribution >= 4 is 51.7 Å². The fourth-order valence-electron chi connectivity index (χ4n) is 5.84. The topological polar surface area (TPSA) is 93.1 Å². The molecule has 204 valence electrons. The summed E-state index contributed by atoms with van der Waals surface area (Å²) in [4.78, 5) is 40.4. The number of benzene rings is 2. The SMILES string of the molecule is COc1cc(C2C3=C(CCCC3=O)N(CCC(=O)O)C3=C2C(=O)CCC3)cc(I)c1OCc1ccccc1Cl. The Morgan fingerprint density at radius 1 is 1.05 bits per heavy atom. The predicted molar refractivity (Wildman–Crippen MR) is 155 cm³/mol. The molecule has 0 atom stereocenters. The summed E-state index contributed by atoms with van der Waals surface area (Å²) in [7, 11) is 1.57. The minimum atomic E-state index is -0.905. The van der Waals surface area contributed by atoms with Gasteiger partial charge >= 0.3 is 5.97 Å². The van der Waals surface area contributed by atoms with Crippen LogP contribution in [0.25, 0.3) is 0 Å². The standard InChI is InChI=1S/C30H29ClINO6/c1-38-25-15-18(14-20(32)30(25)39-16-17-6-2-3-7-19(17)31)27-28-21(8-4-10-23(28)34)33(13-12-26(36)37)22-9-5-11-24(35)29(22)27/h2-3,6-7,14-15,27H,4-5,8-13,16H2,1H3,(H,36,37). The fraction of sp³-hybridized carbons (Fsp3) is 0.367. The van der Waals surface area contributed by atoms with Crippen LogP contribution < -0.4 is 9.47 Å². The van der Waals surface area contributed by atoms with E-state index in [1.165, 1.54) is 0 Å². The summed E-state index contributed by atoms with van der Waals surface area (Å²) in [5.74, 6) is -0.324. The molecule has 5 rings (SSSR count). The highest BCUT2D eigenvalue weighted by molar-refractivity contribution is 14.1. The lowest BCUT2D eigenvalue weighted by Crippen LogP contribution is -2.40. The number of halogens is 2. The Kier molecular flexibility index (Phi) is 8.32. The first-order valence-corrected chi connectivity index (χ1v) is 14.5. The molecule has 0 saturated heterocycles. The van der Waals surface area contributed by atoms with Crippen LogP contribution in [0.2, 0.25) is 5.02 Å². The van der Waals surface area contributed by atoms with Gasteiger partial charge < -0.3 is 19.5 Å². The van der Waals surface area contributed by atoms with E-state index in [9.17, 15) is 19.5 Å². The van der Waals surface area contributed by atoms with E-state index in [0.29, 0.717) is 66.2 Å². The zero-order valence-electron chi connectivity index (χ0n) is 21.6. The second-order valence-electron chi connectivity index (χ2n) is 9.92. The molecule has 0 fully saturated rings. The van der Waals surface area contributed by atoms with Crippen molar-refractivity contribution in [2.24, 2.45) is 0 Å². The van der Waals surface area contributed by atoms with Crippen molar-refractivity contribution in [3.05, 3.63) is 78.7 Å². The number of ketones is 2. The van der Waals surface area contributed by atoms with Crippen molar-refractivity contribution in [1.82, 2.24) is 4.90 Å². The minimum Gasteiger partial charge on any atom is -0.493 e. The van der Waals surface area contributed by atoms with Gasteiger partial charge in [-0.25, -0.2) is 0 Å². The van der Waals surface area contributed by atoms with Crippen LogP contribution in [0.3, 0.4) is 0 Å². The van der Waals surface area contributed by atoms with Gasteiger partial charge in [-0.1, -0.05) is 29.8 Å². The van der Waals surface area contributed by atoms with Crippen molar-refractivity contribution < 1.29 is 29.0 Å². The summed E-state index contributed by atoms with van der Waals surface area (Å²) < 4.78 is 12.7. The van der Waals surface area contributed by atoms with Gasteiger partial charge in [0, 0.05) is 58.4 Å². The van der Waals surface area contributed by atoms with Crippen molar-refractivity contribution in [3.63, 3.8) is 0 Å². The highest BCUT2D eigenvalue weighted by Crippen LogP contribution is 2.50. The number of hydrogen-bond acceptors (Lipinski definition) is 6. The number of hydrogen-bond donors (Lipinski definition) is 1. The largest absolute Gasteiger partial charge is 0.493 e. The molecule has 0 bridgehead atoms. The average Bonchev–Trinajstić information content (AvgIpc) is 2.91. The van der Waals surface area contributed by atoms with E-state index < -0.39 is 11.9 Å². The molecule has 0 spiro atoms. The maximum Gasteiger partial charge on any atom is 0.305 e. The minimum absolute atomic E-state index is 0.0134. The molecule has 1 aliphatic heterocycles. The Morgan fingerprint density at radius 2 is 1.69 bits per heavy atom. The molecule has 0 amide bonds. The molecule has 0 radical (unpaired) electrons. The molecule has 39 heavy (non-hydrogen) atoms. The maximum atomic E-state index is 13.5. The first-order valence-electron chi connectivity index (χ1n) is 13.1. The lowest BCUT2D eigenvalue weighted by atomic mass is 9.71. The normalized spacial score (nSPS) is 17.8. The van der Waals surface area contributed by atoms with Gasteiger partial charge in [-0.05, 0) is 72.0 Å². The molecule has 7 nitrogen and oxygen atoms in total. The number of rotatable bonds is 8. The average molecular weight is 662 g/mol. The summed E-state index contributed by atoms with van der Waals surface area (Å²) in [6.45, 7) is 0.505. The van der Waals surface area contributed by atoms with Crippen LogP contribution in [0, 0.1) is 3.57 Å². The quantitative estimate of drug-likeness (QED) is 0.327. The van der Waals surface area contributed by atoms with Crippen LogP contribution in [-0.2, 0) is 21.0 Å². The lowest BCUT2D eigenvalue weighted by molar-refractivity contribution is -0.137. The number of ether oxygens (including phenoxy) is 2. The Morgan fingerprint density at radius 3 is 2.28 bits per heavy atom. The van der Waals surface area contributed by atoms with Gasteiger partial charge in [-0.15, -0.1) is 0 Å². The monoisotopic (exact) mass is 661 g/mol. The second-order valence-corrected chi connectivity index (χ2v) is 11.5. The lowest BCUT2D eigenvalue weighted by Gasteiger charge is -2.44. The van der Waals surface area contributed by atoms with E-state index in [0.717, 1.165) is 26.1 Å². The molecule has 2 aliphatic carbocycles. The van der Waals surface area contributed by atoms with E-state index in [1.54, 1.807) is 7.11 Å². The van der Waals surface area contributed by atoms with Crippen LogP contribution in [0.1, 0.15) is 62.0 Å². The summed E-state index contributed by atoms with van der Waals surface area (Å²) in [6.07, 6.45) is 3.52. The van der Waals surface area contributed by atoms with E-state index in [-0.39, 0.29) is 31.1 Å². The molecule has 0 aromatic heterocycles. The van der Waals surface area contributed by atoms with Gasteiger partial charge in [0.1, 0.15) is 6.61 Å². The number of carboxylic acids is 1. The second kappa shape index (κ2) is 11.7. The van der Waals surface area contributed by atoms with Gasteiger partial charge in [0.15, 0.2) is 23.1 Å². The third-order valence-electron chi connectivity index (χ3n) is 7.55. The number of carbonyl (C=O) groups is 3. The van der Waals surface area contributed by atoms with Gasteiger partial charge in [0.25, 0.3) is 0 Å². The van der Waals surface area contributed by atoms with E-state index in [1.807, 2.05) is 41.3 Å². The molecular formula is C30H29ClINO6. The van der Waals surface area contributed by atoms with Crippen LogP contribution in [0.5, 0.6) is 11.5 Å². The predicted octanol–water partition coefficient (Wildman–Crippen LogP) is 6.42. The smallest absolute Gasteiger partial charge is 0.305 e. The van der Waals surface area contributed by atoms with E-state index in [4.69, 9.17) is 21.1 Å². The molecule has 1 N–H and O–H groups in total. The van der Waals surface area contributed by atoms with Gasteiger partial charge in [0.2, 0.25) is 0 Å². The zero-order chi connectivity index (χ0) is 27.7. The number of nitrogens with zero attached hydrogens (tertiary/aromatic N) is 1. The third kappa shape index (κ3) is 5.45. The van der Waals surface area contributed by atoms with Gasteiger partial charge in [-0.3, -0.25) is 14.4 Å². The summed E-state index contributed by atoms with van der Waals surface area (Å²) in [5, 5.41) is 10.0. The van der Waals surface area contributed by atoms with Gasteiger partial charge in [-0.2, -0.15) is 0 Å². The molecule has 9 heteroatoms. The molecule has 2 aromatic rings. The van der Waals surface area contributed by atoms with Crippen LogP contribution in [0.15, 0.2) is 58.9 Å². The fourth-order valence-corrected chi connectivity index (χ4v) is 6.81. The Labute approximate surface area is 245 Å². The van der Waals surface area contributed by atoms with Gasteiger partial charge in [0.05, 0.1) is 17.1 Å². The van der Waals surface area contributed by atoms with E-state index in [2.05, 4.69) is 22.6 Å². The molecule has 0 saturated carbocycles. The number of aliphatic carboxylic acids is 1. The number of Topliss-reactive ketones (excluding diaryl/α,β-unsaturated/α-hetero) is 2. The van der Waals surface area contributed by atoms with Crippen molar-refractivity contribution in [2.75, 3.05) is 13.7 Å². The number of carboxylic acid groups (broad SMARTS) is 1. The Hall–Kier alpha value is -2.85. The molecular weight excluding hydrogens is 633 g/mol. The Balaban J connectivity index is 1.60. The highest BCUT2D eigenvalue weighted by Gasteiger charge is 2.43. The van der Waals surface area contributed by atoms with Crippen molar-refractivity contribution in [3.8, 4) is 11.5 Å². The molecule has 2 aromatic carbocycles. The number of methoxy groups -OCH3 is 1. The Bertz CT molecular complexity index is 1370. The van der Waals surface area contributed by atoms with Crippen LogP contribution in [-0.4, -0.2) is 41.2 Å². The zero-order valence-corrected chi connectivity index (χ0v) is 24.5. The highest BCUT2D eigenvalue weighted by atomic mass is 127. The summed E-state index contributed by atoms with van der Waals surface area (Å²) in [6, 6.07) is 11.3.